The van der Waals surface area contributed by atoms with Gasteiger partial charge in [0, 0.05) is 16.7 Å². The number of nitrogens with one attached hydrogen (secondary N) is 1. The summed E-state index contributed by atoms with van der Waals surface area (Å²) in [5, 5.41) is 9.66. The zero-order valence-electron chi connectivity index (χ0n) is 13.3. The van der Waals surface area contributed by atoms with Gasteiger partial charge in [-0.1, -0.05) is 48.6 Å². The smallest absolute Gasteiger partial charge is 0.210 e. The highest BCUT2D eigenvalue weighted by Gasteiger charge is 2.31. The lowest BCUT2D eigenvalue weighted by atomic mass is 9.93. The molecule has 1 heterocycles. The number of methoxy groups -OCH3 is 1. The third kappa shape index (κ3) is 2.19. The molecule has 1 aliphatic rings. The molecule has 1 aliphatic carbocycles. The molecule has 120 valence electrons. The molecule has 0 bridgehead atoms. The van der Waals surface area contributed by atoms with Crippen molar-refractivity contribution in [2.45, 2.75) is 0 Å². The molecule has 1 aromatic heterocycles. The number of ether oxygens (including phenoxy) is 1. The van der Waals surface area contributed by atoms with E-state index in [1.54, 1.807) is 13.2 Å². The van der Waals surface area contributed by atoms with Gasteiger partial charge in [0.1, 0.15) is 16.5 Å². The van der Waals surface area contributed by atoms with E-state index in [0.29, 0.717) is 22.4 Å². The summed E-state index contributed by atoms with van der Waals surface area (Å²) in [5.41, 5.74) is 4.47. The summed E-state index contributed by atoms with van der Waals surface area (Å²) >= 11 is 5.34. The molecule has 3 aromatic rings. The van der Waals surface area contributed by atoms with E-state index in [1.165, 1.54) is 0 Å². The van der Waals surface area contributed by atoms with Gasteiger partial charge in [-0.15, -0.1) is 0 Å². The van der Waals surface area contributed by atoms with Gasteiger partial charge in [0.15, 0.2) is 0 Å². The van der Waals surface area contributed by atoms with Crippen molar-refractivity contribution in [2.24, 2.45) is 0 Å². The van der Waals surface area contributed by atoms with Crippen LogP contribution in [0.2, 0.25) is 0 Å². The Labute approximate surface area is 149 Å². The van der Waals surface area contributed by atoms with Gasteiger partial charge in [-0.25, -0.2) is 0 Å². The molecule has 0 fully saturated rings. The number of fused-ring (bicyclic) bond motifs is 3. The van der Waals surface area contributed by atoms with Gasteiger partial charge in [0.2, 0.25) is 5.78 Å². The molecule has 0 unspecified atom stereocenters. The molecule has 5 heteroatoms. The van der Waals surface area contributed by atoms with E-state index >= 15 is 0 Å². The second kappa shape index (κ2) is 5.69. The van der Waals surface area contributed by atoms with Crippen LogP contribution in [0.1, 0.15) is 21.6 Å². The number of carbonyl (C=O) groups excluding carboxylic acids is 1. The minimum atomic E-state index is -0.101. The third-order valence-electron chi connectivity index (χ3n) is 4.37. The monoisotopic (exact) mass is 344 g/mol. The van der Waals surface area contributed by atoms with Gasteiger partial charge in [0.25, 0.3) is 0 Å². The predicted octanol–water partition coefficient (Wildman–Crippen LogP) is 4.50. The van der Waals surface area contributed by atoms with E-state index in [4.69, 9.17) is 17.0 Å². The molecular formula is C20H12N2O2S. The van der Waals surface area contributed by atoms with E-state index < -0.39 is 0 Å². The summed E-state index contributed by atoms with van der Waals surface area (Å²) in [5.74, 6) is 0.618. The number of hydrogen-bond acceptors (Lipinski definition) is 4. The lowest BCUT2D eigenvalue weighted by Crippen LogP contribution is -2.01. The van der Waals surface area contributed by atoms with Crippen molar-refractivity contribution >= 4 is 18.0 Å². The van der Waals surface area contributed by atoms with E-state index in [1.807, 2.05) is 42.5 Å². The van der Waals surface area contributed by atoms with Crippen LogP contribution in [0.5, 0.6) is 5.75 Å². The molecule has 25 heavy (non-hydrogen) atoms. The lowest BCUT2D eigenvalue weighted by Gasteiger charge is -2.12. The molecule has 0 aliphatic heterocycles. The Morgan fingerprint density at radius 2 is 1.72 bits per heavy atom. The summed E-state index contributed by atoms with van der Waals surface area (Å²) in [6.45, 7) is 0. The number of aromatic nitrogens is 1. The number of ketones is 1. The zero-order valence-corrected chi connectivity index (χ0v) is 14.1. The Hall–Kier alpha value is -3.23. The average molecular weight is 344 g/mol. The molecule has 4 nitrogen and oxygen atoms in total. The van der Waals surface area contributed by atoms with Crippen molar-refractivity contribution in [2.75, 3.05) is 7.11 Å². The highest BCUT2D eigenvalue weighted by molar-refractivity contribution is 7.71. The molecule has 0 saturated heterocycles. The van der Waals surface area contributed by atoms with Gasteiger partial charge in [-0.05, 0) is 23.3 Å². The van der Waals surface area contributed by atoms with Gasteiger partial charge < -0.3 is 9.72 Å². The highest BCUT2D eigenvalue weighted by atomic mass is 32.1. The number of carbonyl (C=O) groups is 1. The molecule has 0 atom stereocenters. The fourth-order valence-corrected chi connectivity index (χ4v) is 3.48. The number of rotatable bonds is 2. The summed E-state index contributed by atoms with van der Waals surface area (Å²) in [6, 6.07) is 17.0. The van der Waals surface area contributed by atoms with Crippen molar-refractivity contribution in [3.05, 3.63) is 70.0 Å². The molecule has 0 spiro atoms. The lowest BCUT2D eigenvalue weighted by molar-refractivity contribution is 0.103. The molecule has 0 amide bonds. The van der Waals surface area contributed by atoms with E-state index in [9.17, 15) is 10.1 Å². The summed E-state index contributed by atoms with van der Waals surface area (Å²) < 4.78 is 5.48. The highest BCUT2D eigenvalue weighted by Crippen LogP contribution is 2.43. The van der Waals surface area contributed by atoms with Crippen LogP contribution in [0.15, 0.2) is 48.5 Å². The van der Waals surface area contributed by atoms with Gasteiger partial charge in [0.05, 0.1) is 18.4 Å². The van der Waals surface area contributed by atoms with Crippen LogP contribution < -0.4 is 4.74 Å². The Balaban J connectivity index is 2.12. The molecule has 2 aromatic carbocycles. The number of benzene rings is 2. The van der Waals surface area contributed by atoms with Gasteiger partial charge >= 0.3 is 0 Å². The number of nitrogens with zero attached hydrogens (tertiary/aromatic N) is 1. The number of H-pyrrole nitrogens is 1. The Bertz CT molecular complexity index is 1120. The van der Waals surface area contributed by atoms with Crippen LogP contribution in [-0.2, 0) is 0 Å². The van der Waals surface area contributed by atoms with Crippen LogP contribution in [0.25, 0.3) is 22.3 Å². The maximum atomic E-state index is 12.7. The third-order valence-corrected chi connectivity index (χ3v) is 4.68. The molecule has 1 N–H and O–H groups in total. The number of aromatic amines is 1. The molecule has 0 saturated carbocycles. The minimum absolute atomic E-state index is 0.101. The van der Waals surface area contributed by atoms with Crippen molar-refractivity contribution in [1.29, 1.82) is 5.26 Å². The van der Waals surface area contributed by atoms with Crippen LogP contribution in [0, 0.1) is 16.0 Å². The zero-order chi connectivity index (χ0) is 17.6. The Morgan fingerprint density at radius 3 is 2.36 bits per heavy atom. The largest absolute Gasteiger partial charge is 0.497 e. The Morgan fingerprint density at radius 1 is 1.04 bits per heavy atom. The van der Waals surface area contributed by atoms with Crippen LogP contribution in [0.3, 0.4) is 0 Å². The van der Waals surface area contributed by atoms with Gasteiger partial charge in [-0.2, -0.15) is 5.26 Å². The summed E-state index contributed by atoms with van der Waals surface area (Å²) in [7, 11) is 1.60. The fourth-order valence-electron chi connectivity index (χ4n) is 3.23. The number of pyridine rings is 1. The summed E-state index contributed by atoms with van der Waals surface area (Å²) in [6.07, 6.45) is 0. The first-order valence-electron chi connectivity index (χ1n) is 7.64. The van der Waals surface area contributed by atoms with Crippen LogP contribution in [-0.4, -0.2) is 17.9 Å². The number of nitriles is 1. The second-order valence-corrected chi connectivity index (χ2v) is 6.08. The van der Waals surface area contributed by atoms with E-state index in [-0.39, 0.29) is 10.4 Å². The van der Waals surface area contributed by atoms with Crippen LogP contribution >= 0.6 is 12.2 Å². The molecule has 4 rings (SSSR count). The molecule has 0 radical (unpaired) electrons. The number of hydrogen-bond donors (Lipinski definition) is 1. The predicted molar refractivity (Wildman–Crippen MR) is 97.2 cm³/mol. The van der Waals surface area contributed by atoms with Crippen molar-refractivity contribution in [1.82, 2.24) is 4.98 Å². The maximum absolute atomic E-state index is 12.7. The Kier molecular flexibility index (Phi) is 3.48. The quantitative estimate of drug-likeness (QED) is 0.544. The second-order valence-electron chi connectivity index (χ2n) is 5.67. The topological polar surface area (TPSA) is 65.9 Å². The maximum Gasteiger partial charge on any atom is 0.210 e. The minimum Gasteiger partial charge on any atom is -0.497 e. The first kappa shape index (κ1) is 15.3. The SMILES string of the molecule is COc1ccc(-c2c3c([nH]c(=S)c2C#N)C(=O)c2ccccc2-3)cc1. The molecular weight excluding hydrogens is 332 g/mol. The standard InChI is InChI=1S/C20H12N2O2S/c1-24-12-8-6-11(7-9-12)16-15(10-21)20(25)22-18-17(16)13-4-2-3-5-14(13)19(18)23/h2-9H,1H3,(H,22,25). The normalized spacial score (nSPS) is 11.6. The first-order valence-corrected chi connectivity index (χ1v) is 8.05. The average Bonchev–Trinajstić information content (AvgIpc) is 2.93. The van der Waals surface area contributed by atoms with E-state index in [2.05, 4.69) is 11.1 Å². The van der Waals surface area contributed by atoms with Crippen molar-refractivity contribution in [3.63, 3.8) is 0 Å². The summed E-state index contributed by atoms with van der Waals surface area (Å²) in [4.78, 5) is 15.7. The van der Waals surface area contributed by atoms with Crippen molar-refractivity contribution in [3.8, 4) is 34.1 Å². The van der Waals surface area contributed by atoms with Crippen LogP contribution in [0.4, 0.5) is 0 Å². The van der Waals surface area contributed by atoms with Gasteiger partial charge in [-0.3, -0.25) is 4.79 Å². The van der Waals surface area contributed by atoms with Crippen molar-refractivity contribution < 1.29 is 9.53 Å². The first-order chi connectivity index (χ1) is 12.2. The fraction of sp³-hybridized carbons (Fsp3) is 0.0500. The van der Waals surface area contributed by atoms with E-state index in [0.717, 1.165) is 22.4 Å².